The molecule has 7 rings (SSSR count). The van der Waals surface area contributed by atoms with Crippen LogP contribution in [0.25, 0.3) is 10.9 Å². The Morgan fingerprint density at radius 1 is 0.982 bits per heavy atom. The molecule has 12 nitrogen and oxygen atoms in total. The van der Waals surface area contributed by atoms with Crippen molar-refractivity contribution in [2.45, 2.75) is 128 Å². The molecular formula is C44H57N3O9. The summed E-state index contributed by atoms with van der Waals surface area (Å²) in [5, 5.41) is 29.8. The van der Waals surface area contributed by atoms with E-state index in [0.717, 1.165) is 79.1 Å². The number of aromatic amines is 1. The number of ether oxygens (including phenoxy) is 2. The molecule has 2 amide bonds. The molecule has 0 radical (unpaired) electrons. The number of aliphatic hydroxyl groups is 2. The lowest BCUT2D eigenvalue weighted by molar-refractivity contribution is -0.160. The number of Topliss-reactive ketones (excluding diaryl/α,β-unsaturated/α-hetero) is 1. The Hall–Kier alpha value is -4.68. The van der Waals surface area contributed by atoms with Crippen LogP contribution in [0.2, 0.25) is 0 Å². The number of ketones is 1. The van der Waals surface area contributed by atoms with Gasteiger partial charge < -0.3 is 39.6 Å². The molecule has 0 unspecified atom stereocenters. The first-order valence-corrected chi connectivity index (χ1v) is 20.4. The van der Waals surface area contributed by atoms with Crippen molar-refractivity contribution in [3.05, 3.63) is 71.4 Å². The fourth-order valence-corrected chi connectivity index (χ4v) is 8.70. The van der Waals surface area contributed by atoms with Crippen LogP contribution < -0.4 is 9.47 Å². The molecule has 0 bridgehead atoms. The highest BCUT2D eigenvalue weighted by Crippen LogP contribution is 2.45. The number of aliphatic carboxylic acids is 1. The van der Waals surface area contributed by atoms with Gasteiger partial charge >= 0.3 is 5.97 Å². The van der Waals surface area contributed by atoms with Crippen molar-refractivity contribution >= 4 is 34.5 Å². The number of unbranched alkanes of at least 4 members (excludes halogenated alkanes) is 5. The van der Waals surface area contributed by atoms with E-state index < -0.39 is 24.2 Å². The molecule has 12 heteroatoms. The summed E-state index contributed by atoms with van der Waals surface area (Å²) in [5.74, 6) is 0.296. The van der Waals surface area contributed by atoms with Gasteiger partial charge in [0.2, 0.25) is 18.6 Å². The van der Waals surface area contributed by atoms with Crippen LogP contribution >= 0.6 is 0 Å². The van der Waals surface area contributed by atoms with E-state index in [1.807, 2.05) is 56.3 Å². The van der Waals surface area contributed by atoms with Crippen molar-refractivity contribution in [2.75, 3.05) is 13.3 Å². The van der Waals surface area contributed by atoms with Crippen LogP contribution in [0.4, 0.5) is 0 Å². The summed E-state index contributed by atoms with van der Waals surface area (Å²) >= 11 is 0. The van der Waals surface area contributed by atoms with E-state index in [0.29, 0.717) is 24.3 Å². The maximum absolute atomic E-state index is 13.5. The molecule has 0 spiro atoms. The molecule has 3 aliphatic heterocycles. The van der Waals surface area contributed by atoms with Crippen LogP contribution in [0.5, 0.6) is 11.5 Å². The first-order valence-electron chi connectivity index (χ1n) is 20.4. The van der Waals surface area contributed by atoms with Gasteiger partial charge in [0.1, 0.15) is 18.4 Å². The van der Waals surface area contributed by atoms with Crippen molar-refractivity contribution in [1.29, 1.82) is 0 Å². The molecule has 2 fully saturated rings. The average Bonchev–Trinajstić information content (AvgIpc) is 3.87. The topological polar surface area (TPSA) is 170 Å². The summed E-state index contributed by atoms with van der Waals surface area (Å²) in [4.78, 5) is 56.5. The lowest BCUT2D eigenvalue weighted by Crippen LogP contribution is -2.64. The number of aliphatic hydroxyl groups excluding tert-OH is 2. The number of rotatable bonds is 15. The monoisotopic (exact) mass is 771 g/mol. The van der Waals surface area contributed by atoms with Crippen LogP contribution in [0.3, 0.4) is 0 Å². The Labute approximate surface area is 328 Å². The first kappa shape index (κ1) is 41.0. The Morgan fingerprint density at radius 3 is 2.52 bits per heavy atom. The Bertz CT molecular complexity index is 1900. The van der Waals surface area contributed by atoms with E-state index in [9.17, 15) is 29.4 Å². The number of piperazine rings is 1. The van der Waals surface area contributed by atoms with E-state index in [2.05, 4.69) is 18.0 Å². The van der Waals surface area contributed by atoms with Gasteiger partial charge in [0.25, 0.3) is 0 Å². The number of carboxylic acid groups (broad SMARTS) is 1. The number of nitrogens with one attached hydrogen (secondary N) is 1. The highest BCUT2D eigenvalue weighted by Gasteiger charge is 2.49. The normalized spacial score (nSPS) is 23.5. The van der Waals surface area contributed by atoms with Gasteiger partial charge in [0.15, 0.2) is 11.5 Å². The van der Waals surface area contributed by atoms with Crippen LogP contribution in [0.15, 0.2) is 54.6 Å². The molecular weight excluding hydrogens is 714 g/mol. The van der Waals surface area contributed by atoms with Crippen molar-refractivity contribution in [2.24, 2.45) is 11.8 Å². The summed E-state index contributed by atoms with van der Waals surface area (Å²) in [5.41, 5.74) is 3.99. The third kappa shape index (κ3) is 9.13. The number of hydrogen-bond acceptors (Lipinski definition) is 8. The van der Waals surface area contributed by atoms with E-state index in [1.54, 1.807) is 15.9 Å². The average molecular weight is 772 g/mol. The fraction of sp³-hybridized carbons (Fsp3) is 0.545. The number of benzene rings is 2. The molecule has 1 saturated carbocycles. The standard InChI is InChI=1S/C24H23N3O4.C20H34O5/c1-13(2)26-11-21(28)27-18(24(26)29)10-16-15-5-3-4-6-17(15)25-22(16)23(27)14-7-8-19-20(9-14)31-12-30-19;1-2-3-6-9-15(21)12-13-17-16(18(22)14-19(17)23)10-7-4-5-8-11-20(24)25/h3-9,13,18,23,25H,10-12H2,1-2H3;12-13,15-17,19,21,23H,2-11,14H2,1H3,(H,24,25)/b;13-12+/t18-,23-;15-,16+,17+,19+/m10/s1. The van der Waals surface area contributed by atoms with E-state index in [1.165, 1.54) is 0 Å². The number of fused-ring (bicyclic) bond motifs is 5. The molecule has 4 heterocycles. The zero-order valence-electron chi connectivity index (χ0n) is 32.8. The second-order valence-electron chi connectivity index (χ2n) is 15.9. The number of para-hydroxylation sites is 1. The van der Waals surface area contributed by atoms with E-state index >= 15 is 0 Å². The van der Waals surface area contributed by atoms with Crippen molar-refractivity contribution in [3.8, 4) is 11.5 Å². The largest absolute Gasteiger partial charge is 0.481 e. The third-order valence-electron chi connectivity index (χ3n) is 11.7. The van der Waals surface area contributed by atoms with Crippen molar-refractivity contribution < 1.29 is 44.0 Å². The lowest BCUT2D eigenvalue weighted by atomic mass is 9.86. The molecule has 1 saturated heterocycles. The van der Waals surface area contributed by atoms with Gasteiger partial charge in [-0.2, -0.15) is 0 Å². The van der Waals surface area contributed by atoms with Gasteiger partial charge in [-0.15, -0.1) is 0 Å². The Kier molecular flexibility index (Phi) is 13.5. The molecule has 302 valence electrons. The zero-order valence-corrected chi connectivity index (χ0v) is 32.8. The minimum atomic E-state index is -0.767. The Morgan fingerprint density at radius 2 is 1.75 bits per heavy atom. The summed E-state index contributed by atoms with van der Waals surface area (Å²) < 4.78 is 11.1. The second kappa shape index (κ2) is 18.5. The van der Waals surface area contributed by atoms with Crippen LogP contribution in [-0.2, 0) is 25.6 Å². The highest BCUT2D eigenvalue weighted by molar-refractivity contribution is 5.98. The summed E-state index contributed by atoms with van der Waals surface area (Å²) in [6.07, 6.45) is 11.2. The van der Waals surface area contributed by atoms with Gasteiger partial charge in [0.05, 0.1) is 18.2 Å². The number of amides is 2. The molecule has 2 aromatic carbocycles. The molecule has 1 aromatic heterocycles. The summed E-state index contributed by atoms with van der Waals surface area (Å²) in [7, 11) is 0. The molecule has 6 atom stereocenters. The number of aromatic nitrogens is 1. The number of nitrogens with zero attached hydrogens (tertiary/aromatic N) is 2. The number of carboxylic acids is 1. The molecule has 4 aliphatic rings. The fourth-order valence-electron chi connectivity index (χ4n) is 8.70. The zero-order chi connectivity index (χ0) is 39.9. The van der Waals surface area contributed by atoms with Gasteiger partial charge in [0, 0.05) is 53.7 Å². The van der Waals surface area contributed by atoms with Crippen LogP contribution in [-0.4, -0.2) is 91.3 Å². The van der Waals surface area contributed by atoms with Gasteiger partial charge in [-0.05, 0) is 62.4 Å². The quantitative estimate of drug-likeness (QED) is 0.100. The van der Waals surface area contributed by atoms with E-state index in [-0.39, 0.29) is 67.7 Å². The molecule has 56 heavy (non-hydrogen) atoms. The number of carbonyl (C=O) groups excluding carboxylic acids is 3. The van der Waals surface area contributed by atoms with Gasteiger partial charge in [-0.3, -0.25) is 19.2 Å². The molecule has 3 aromatic rings. The van der Waals surface area contributed by atoms with Gasteiger partial charge in [-0.25, -0.2) is 0 Å². The highest BCUT2D eigenvalue weighted by atomic mass is 16.7. The Balaban J connectivity index is 0.000000196. The predicted molar refractivity (Wildman–Crippen MR) is 211 cm³/mol. The number of hydrogen-bond donors (Lipinski definition) is 4. The smallest absolute Gasteiger partial charge is 0.303 e. The number of carbonyl (C=O) groups is 4. The van der Waals surface area contributed by atoms with Crippen LogP contribution in [0, 0.1) is 11.8 Å². The van der Waals surface area contributed by atoms with Crippen molar-refractivity contribution in [3.63, 3.8) is 0 Å². The minimum absolute atomic E-state index is 0.0104. The van der Waals surface area contributed by atoms with Gasteiger partial charge in [-0.1, -0.05) is 81.9 Å². The molecule has 4 N–H and O–H groups in total. The van der Waals surface area contributed by atoms with Crippen molar-refractivity contribution in [1.82, 2.24) is 14.8 Å². The predicted octanol–water partition coefficient (Wildman–Crippen LogP) is 6.47. The summed E-state index contributed by atoms with van der Waals surface area (Å²) in [6, 6.07) is 12.9. The molecule has 1 aliphatic carbocycles. The lowest BCUT2D eigenvalue weighted by Gasteiger charge is -2.48. The third-order valence-corrected chi connectivity index (χ3v) is 11.7. The summed E-state index contributed by atoms with van der Waals surface area (Å²) in [6.45, 7) is 6.32. The maximum atomic E-state index is 13.5. The number of H-pyrrole nitrogens is 1. The SMILES string of the molecule is CC(C)N1CC(=O)N2[C@H](c3ccc4c(c3)OCO4)c3[nH]c4ccccc4c3C[C@@H]2C1=O.CCCCC[C@H](O)/C=C/[C@H]1[C@H](O)CC(=O)[C@@H]1CCCCCCC(=O)O. The maximum Gasteiger partial charge on any atom is 0.303 e. The first-order chi connectivity index (χ1) is 27.0. The second-order valence-corrected chi connectivity index (χ2v) is 15.9. The minimum Gasteiger partial charge on any atom is -0.481 e. The van der Waals surface area contributed by atoms with E-state index in [4.69, 9.17) is 14.6 Å². The van der Waals surface area contributed by atoms with Crippen LogP contribution in [0.1, 0.15) is 114 Å².